The van der Waals surface area contributed by atoms with Gasteiger partial charge in [-0.05, 0) is 30.7 Å². The Hall–Kier alpha value is -1.62. The van der Waals surface area contributed by atoms with Crippen molar-refractivity contribution in [3.63, 3.8) is 0 Å². The van der Waals surface area contributed by atoms with Crippen molar-refractivity contribution in [2.45, 2.75) is 18.4 Å². The van der Waals surface area contributed by atoms with Gasteiger partial charge in [0, 0.05) is 29.7 Å². The molecule has 98 valence electrons. The second-order valence-electron chi connectivity index (χ2n) is 4.52. The lowest BCUT2D eigenvalue weighted by Gasteiger charge is -2.10. The minimum Gasteiger partial charge on any atom is -0.373 e. The van der Waals surface area contributed by atoms with E-state index < -0.39 is 0 Å². The van der Waals surface area contributed by atoms with Crippen LogP contribution in [0.1, 0.15) is 16.8 Å². The summed E-state index contributed by atoms with van der Waals surface area (Å²) < 4.78 is 13.2. The van der Waals surface area contributed by atoms with Gasteiger partial charge in [-0.1, -0.05) is 0 Å². The Morgan fingerprint density at radius 1 is 1.26 bits per heavy atom. The second kappa shape index (κ2) is 4.81. The monoisotopic (exact) mass is 275 g/mol. The van der Waals surface area contributed by atoms with Crippen LogP contribution in [0.25, 0.3) is 11.4 Å². The Morgan fingerprint density at radius 3 is 2.84 bits per heavy atom. The number of rotatable bonds is 2. The molecule has 2 aromatic rings. The van der Waals surface area contributed by atoms with Crippen LogP contribution in [0.15, 0.2) is 18.2 Å². The fourth-order valence-corrected chi connectivity index (χ4v) is 3.30. The molecule has 0 spiro atoms. The highest BCUT2D eigenvalue weighted by Gasteiger charge is 2.20. The van der Waals surface area contributed by atoms with Gasteiger partial charge in [-0.15, -0.1) is 0 Å². The first-order valence-electron chi connectivity index (χ1n) is 6.11. The number of fused-ring (bicyclic) bond motifs is 1. The summed E-state index contributed by atoms with van der Waals surface area (Å²) in [5.74, 6) is 3.19. The van der Waals surface area contributed by atoms with Gasteiger partial charge in [0.25, 0.3) is 0 Å². The Labute approximate surface area is 115 Å². The summed E-state index contributed by atoms with van der Waals surface area (Å²) in [5.41, 5.74) is 4.02. The van der Waals surface area contributed by atoms with Gasteiger partial charge in [-0.2, -0.15) is 11.8 Å². The molecule has 5 heteroatoms. The summed E-state index contributed by atoms with van der Waals surface area (Å²) in [7, 11) is 1.87. The predicted molar refractivity (Wildman–Crippen MR) is 76.7 cm³/mol. The first kappa shape index (κ1) is 12.4. The van der Waals surface area contributed by atoms with Crippen molar-refractivity contribution in [1.29, 1.82) is 0 Å². The summed E-state index contributed by atoms with van der Waals surface area (Å²) in [6.45, 7) is 1.88. The molecule has 0 amide bonds. The molecular formula is C14H14FN3S. The number of aryl methyl sites for hydroxylation is 1. The van der Waals surface area contributed by atoms with Gasteiger partial charge < -0.3 is 5.32 Å². The van der Waals surface area contributed by atoms with Gasteiger partial charge >= 0.3 is 0 Å². The van der Waals surface area contributed by atoms with E-state index in [2.05, 4.69) is 15.3 Å². The van der Waals surface area contributed by atoms with Crippen LogP contribution in [-0.2, 0) is 11.5 Å². The third-order valence-corrected chi connectivity index (χ3v) is 4.21. The molecule has 0 saturated carbocycles. The maximum atomic E-state index is 13.2. The first-order chi connectivity index (χ1) is 9.19. The number of hydrogen-bond donors (Lipinski definition) is 1. The standard InChI is InChI=1S/C14H14FN3S/c1-8-5-9(15)3-4-10(8)14-17-12-7-19-6-11(12)13(16-2)18-14/h3-5H,6-7H2,1-2H3,(H,16,17,18). The van der Waals surface area contributed by atoms with Gasteiger partial charge in [0.1, 0.15) is 11.6 Å². The van der Waals surface area contributed by atoms with Crippen LogP contribution < -0.4 is 5.32 Å². The van der Waals surface area contributed by atoms with Crippen LogP contribution in [0.2, 0.25) is 0 Å². The molecule has 0 saturated heterocycles. The highest BCUT2D eigenvalue weighted by Crippen LogP contribution is 2.34. The highest BCUT2D eigenvalue weighted by atomic mass is 32.2. The minimum atomic E-state index is -0.230. The van der Waals surface area contributed by atoms with Crippen LogP contribution in [0.3, 0.4) is 0 Å². The molecule has 2 heterocycles. The van der Waals surface area contributed by atoms with Gasteiger partial charge in [0.2, 0.25) is 0 Å². The smallest absolute Gasteiger partial charge is 0.162 e. The van der Waals surface area contributed by atoms with Crippen LogP contribution in [-0.4, -0.2) is 17.0 Å². The zero-order valence-electron chi connectivity index (χ0n) is 10.8. The fourth-order valence-electron chi connectivity index (χ4n) is 2.26. The largest absolute Gasteiger partial charge is 0.373 e. The van der Waals surface area contributed by atoms with E-state index in [1.807, 2.05) is 25.7 Å². The SMILES string of the molecule is CNc1nc(-c2ccc(F)cc2C)nc2c1CSC2. The average molecular weight is 275 g/mol. The number of benzene rings is 1. The second-order valence-corrected chi connectivity index (χ2v) is 5.51. The summed E-state index contributed by atoms with van der Waals surface area (Å²) in [5, 5.41) is 3.13. The van der Waals surface area contributed by atoms with Crippen molar-refractivity contribution >= 4 is 17.6 Å². The predicted octanol–water partition coefficient (Wildman–Crippen LogP) is 3.38. The van der Waals surface area contributed by atoms with Crippen molar-refractivity contribution in [3.8, 4) is 11.4 Å². The molecule has 3 rings (SSSR count). The molecule has 3 nitrogen and oxygen atoms in total. The quantitative estimate of drug-likeness (QED) is 0.911. The van der Waals surface area contributed by atoms with Gasteiger partial charge in [0.05, 0.1) is 5.69 Å². The van der Waals surface area contributed by atoms with Crippen molar-refractivity contribution in [1.82, 2.24) is 9.97 Å². The molecule has 1 aromatic heterocycles. The number of nitrogens with one attached hydrogen (secondary N) is 1. The average Bonchev–Trinajstić information content (AvgIpc) is 2.85. The highest BCUT2D eigenvalue weighted by molar-refractivity contribution is 7.98. The molecule has 0 bridgehead atoms. The number of anilines is 1. The first-order valence-corrected chi connectivity index (χ1v) is 7.26. The van der Waals surface area contributed by atoms with Crippen LogP contribution in [0.4, 0.5) is 10.2 Å². The normalized spacial score (nSPS) is 13.4. The van der Waals surface area contributed by atoms with E-state index in [-0.39, 0.29) is 5.82 Å². The van der Waals surface area contributed by atoms with Crippen LogP contribution in [0.5, 0.6) is 0 Å². The Balaban J connectivity index is 2.15. The molecule has 1 aromatic carbocycles. The number of halogens is 1. The molecule has 1 N–H and O–H groups in total. The summed E-state index contributed by atoms with van der Waals surface area (Å²) in [6, 6.07) is 4.71. The van der Waals surface area contributed by atoms with E-state index in [4.69, 9.17) is 0 Å². The van der Waals surface area contributed by atoms with Crippen molar-refractivity contribution in [3.05, 3.63) is 40.8 Å². The van der Waals surface area contributed by atoms with Crippen molar-refractivity contribution < 1.29 is 4.39 Å². The van der Waals surface area contributed by atoms with E-state index in [1.165, 1.54) is 17.7 Å². The van der Waals surface area contributed by atoms with Gasteiger partial charge in [0.15, 0.2) is 5.82 Å². The topological polar surface area (TPSA) is 37.8 Å². The number of thioether (sulfide) groups is 1. The maximum absolute atomic E-state index is 13.2. The molecule has 0 unspecified atom stereocenters. The zero-order valence-corrected chi connectivity index (χ0v) is 11.6. The van der Waals surface area contributed by atoms with Crippen molar-refractivity contribution in [2.75, 3.05) is 12.4 Å². The van der Waals surface area contributed by atoms with E-state index in [0.717, 1.165) is 34.1 Å². The van der Waals surface area contributed by atoms with E-state index in [0.29, 0.717) is 5.82 Å². The lowest BCUT2D eigenvalue weighted by molar-refractivity contribution is 0.627. The fraction of sp³-hybridized carbons (Fsp3) is 0.286. The van der Waals surface area contributed by atoms with E-state index >= 15 is 0 Å². The van der Waals surface area contributed by atoms with Gasteiger partial charge in [-0.25, -0.2) is 14.4 Å². The molecule has 0 radical (unpaired) electrons. The van der Waals surface area contributed by atoms with Crippen LogP contribution >= 0.6 is 11.8 Å². The van der Waals surface area contributed by atoms with E-state index in [9.17, 15) is 4.39 Å². The van der Waals surface area contributed by atoms with E-state index in [1.54, 1.807) is 6.07 Å². The lowest BCUT2D eigenvalue weighted by Crippen LogP contribution is -2.04. The molecule has 1 aliphatic rings. The summed E-state index contributed by atoms with van der Waals surface area (Å²) in [6.07, 6.45) is 0. The molecule has 19 heavy (non-hydrogen) atoms. The summed E-state index contributed by atoms with van der Waals surface area (Å²) >= 11 is 1.84. The summed E-state index contributed by atoms with van der Waals surface area (Å²) in [4.78, 5) is 9.19. The molecule has 0 aliphatic carbocycles. The van der Waals surface area contributed by atoms with Gasteiger partial charge in [-0.3, -0.25) is 0 Å². The lowest BCUT2D eigenvalue weighted by atomic mass is 10.1. The minimum absolute atomic E-state index is 0.230. The van der Waals surface area contributed by atoms with Crippen LogP contribution in [0, 0.1) is 12.7 Å². The number of hydrogen-bond acceptors (Lipinski definition) is 4. The molecule has 0 atom stereocenters. The third kappa shape index (κ3) is 2.18. The number of aromatic nitrogens is 2. The Morgan fingerprint density at radius 2 is 2.11 bits per heavy atom. The number of nitrogens with zero attached hydrogens (tertiary/aromatic N) is 2. The third-order valence-electron chi connectivity index (χ3n) is 3.24. The zero-order chi connectivity index (χ0) is 13.4. The molecular weight excluding hydrogens is 261 g/mol. The molecule has 1 aliphatic heterocycles. The Kier molecular flexibility index (Phi) is 3.14. The van der Waals surface area contributed by atoms with Crippen molar-refractivity contribution in [2.24, 2.45) is 0 Å². The Bertz CT molecular complexity index is 643. The molecule has 0 fully saturated rings. The maximum Gasteiger partial charge on any atom is 0.162 e.